The van der Waals surface area contributed by atoms with E-state index in [2.05, 4.69) is 5.32 Å². The molecule has 1 amide bonds. The van der Waals surface area contributed by atoms with Crippen LogP contribution in [-0.2, 0) is 11.3 Å². The van der Waals surface area contributed by atoms with E-state index in [0.717, 1.165) is 28.1 Å². The molecule has 0 unspecified atom stereocenters. The predicted molar refractivity (Wildman–Crippen MR) is 136 cm³/mol. The first kappa shape index (κ1) is 23.6. The zero-order valence-corrected chi connectivity index (χ0v) is 19.9. The summed E-state index contributed by atoms with van der Waals surface area (Å²) in [5.41, 5.74) is 4.42. The first-order chi connectivity index (χ1) is 17.1. The standard InChI is InChI=1S/C28H27N3O4/c1-33-24-16-20(17-25(34-2)28(24)35-3)14-15-26(32)29-18-22-19-31(23-12-8-5-9-13-23)30-27(22)21-10-6-4-7-11-21/h4-17,19H,18H2,1-3H3,(H,29,32)/b15-14+. The highest BCUT2D eigenvalue weighted by molar-refractivity contribution is 5.92. The number of para-hydroxylation sites is 1. The van der Waals surface area contributed by atoms with Crippen molar-refractivity contribution in [1.29, 1.82) is 0 Å². The number of carbonyl (C=O) groups is 1. The molecule has 178 valence electrons. The molecule has 0 aliphatic carbocycles. The van der Waals surface area contributed by atoms with Crippen LogP contribution < -0.4 is 19.5 Å². The van der Waals surface area contributed by atoms with E-state index >= 15 is 0 Å². The Labute approximate surface area is 204 Å². The lowest BCUT2D eigenvalue weighted by atomic mass is 10.1. The maximum atomic E-state index is 12.6. The molecule has 0 bridgehead atoms. The molecule has 7 heteroatoms. The maximum absolute atomic E-state index is 12.6. The number of benzene rings is 3. The van der Waals surface area contributed by atoms with Crippen LogP contribution in [0.25, 0.3) is 23.0 Å². The minimum Gasteiger partial charge on any atom is -0.493 e. The lowest BCUT2D eigenvalue weighted by molar-refractivity contribution is -0.116. The summed E-state index contributed by atoms with van der Waals surface area (Å²) in [7, 11) is 4.65. The van der Waals surface area contributed by atoms with Crippen molar-refractivity contribution in [2.24, 2.45) is 0 Å². The lowest BCUT2D eigenvalue weighted by Gasteiger charge is -2.12. The number of carbonyl (C=O) groups excluding carboxylic acids is 1. The Morgan fingerprint density at radius 3 is 2.14 bits per heavy atom. The summed E-state index contributed by atoms with van der Waals surface area (Å²) in [6, 6.07) is 23.4. The Bertz CT molecular complexity index is 1290. The number of nitrogens with one attached hydrogen (secondary N) is 1. The molecule has 0 atom stereocenters. The minimum atomic E-state index is -0.231. The van der Waals surface area contributed by atoms with Gasteiger partial charge in [0.15, 0.2) is 11.5 Å². The zero-order chi connectivity index (χ0) is 24.6. The van der Waals surface area contributed by atoms with Crippen molar-refractivity contribution in [2.75, 3.05) is 21.3 Å². The molecule has 4 aromatic rings. The smallest absolute Gasteiger partial charge is 0.244 e. The highest BCUT2D eigenvalue weighted by Gasteiger charge is 2.14. The second kappa shape index (κ2) is 11.1. The highest BCUT2D eigenvalue weighted by Crippen LogP contribution is 2.38. The van der Waals surface area contributed by atoms with Crippen LogP contribution in [0.3, 0.4) is 0 Å². The number of ether oxygens (including phenoxy) is 3. The van der Waals surface area contributed by atoms with Crippen LogP contribution in [0.5, 0.6) is 17.2 Å². The van der Waals surface area contributed by atoms with Gasteiger partial charge < -0.3 is 19.5 Å². The number of amides is 1. The summed E-state index contributed by atoms with van der Waals surface area (Å²) in [4.78, 5) is 12.6. The van der Waals surface area contributed by atoms with Gasteiger partial charge in [0.25, 0.3) is 0 Å². The molecule has 0 aliphatic heterocycles. The normalized spacial score (nSPS) is 10.8. The molecule has 0 aliphatic rings. The molecular formula is C28H27N3O4. The Morgan fingerprint density at radius 2 is 1.54 bits per heavy atom. The van der Waals surface area contributed by atoms with E-state index in [0.29, 0.717) is 23.8 Å². The van der Waals surface area contributed by atoms with E-state index in [4.69, 9.17) is 19.3 Å². The van der Waals surface area contributed by atoms with Gasteiger partial charge in [-0.25, -0.2) is 4.68 Å². The van der Waals surface area contributed by atoms with Crippen molar-refractivity contribution in [2.45, 2.75) is 6.54 Å². The van der Waals surface area contributed by atoms with Crippen molar-refractivity contribution >= 4 is 12.0 Å². The Hall–Kier alpha value is -4.52. The second-order valence-electron chi connectivity index (χ2n) is 7.66. The van der Waals surface area contributed by atoms with Crippen LogP contribution in [0.4, 0.5) is 0 Å². The van der Waals surface area contributed by atoms with Gasteiger partial charge in [-0.1, -0.05) is 48.5 Å². The molecule has 0 radical (unpaired) electrons. The van der Waals surface area contributed by atoms with Crippen molar-refractivity contribution in [3.63, 3.8) is 0 Å². The third-order valence-corrected chi connectivity index (χ3v) is 5.43. The number of nitrogens with zero attached hydrogens (tertiary/aromatic N) is 2. The highest BCUT2D eigenvalue weighted by atomic mass is 16.5. The maximum Gasteiger partial charge on any atom is 0.244 e. The van der Waals surface area contributed by atoms with Crippen molar-refractivity contribution in [3.05, 3.63) is 96.2 Å². The molecular weight excluding hydrogens is 442 g/mol. The summed E-state index contributed by atoms with van der Waals surface area (Å²) in [6.07, 6.45) is 5.12. The van der Waals surface area contributed by atoms with E-state index in [1.807, 2.05) is 71.5 Å². The van der Waals surface area contributed by atoms with Gasteiger partial charge in [0.2, 0.25) is 11.7 Å². The fourth-order valence-corrected chi connectivity index (χ4v) is 3.70. The van der Waals surface area contributed by atoms with Gasteiger partial charge in [0, 0.05) is 29.9 Å². The van der Waals surface area contributed by atoms with Gasteiger partial charge in [-0.05, 0) is 35.9 Å². The minimum absolute atomic E-state index is 0.231. The monoisotopic (exact) mass is 469 g/mol. The largest absolute Gasteiger partial charge is 0.493 e. The van der Waals surface area contributed by atoms with Crippen LogP contribution in [0.1, 0.15) is 11.1 Å². The van der Waals surface area contributed by atoms with Crippen molar-refractivity contribution in [1.82, 2.24) is 15.1 Å². The predicted octanol–water partition coefficient (Wildman–Crippen LogP) is 4.89. The molecule has 1 aromatic heterocycles. The number of hydrogen-bond acceptors (Lipinski definition) is 5. The Morgan fingerprint density at radius 1 is 0.914 bits per heavy atom. The Kier molecular flexibility index (Phi) is 7.47. The first-order valence-electron chi connectivity index (χ1n) is 11.1. The average molecular weight is 470 g/mol. The van der Waals surface area contributed by atoms with E-state index < -0.39 is 0 Å². The van der Waals surface area contributed by atoms with Gasteiger partial charge in [-0.15, -0.1) is 0 Å². The zero-order valence-electron chi connectivity index (χ0n) is 19.9. The molecule has 4 rings (SSSR count). The fourth-order valence-electron chi connectivity index (χ4n) is 3.70. The fraction of sp³-hybridized carbons (Fsp3) is 0.143. The first-order valence-corrected chi connectivity index (χ1v) is 11.1. The van der Waals surface area contributed by atoms with Gasteiger partial charge in [0.05, 0.1) is 32.7 Å². The van der Waals surface area contributed by atoms with Gasteiger partial charge in [0.1, 0.15) is 0 Å². The van der Waals surface area contributed by atoms with Gasteiger partial charge in [-0.3, -0.25) is 4.79 Å². The molecule has 0 spiro atoms. The molecule has 0 fully saturated rings. The molecule has 0 saturated heterocycles. The van der Waals surface area contributed by atoms with Crippen LogP contribution in [-0.4, -0.2) is 37.0 Å². The van der Waals surface area contributed by atoms with E-state index in [9.17, 15) is 4.79 Å². The van der Waals surface area contributed by atoms with Crippen LogP contribution in [0, 0.1) is 0 Å². The summed E-state index contributed by atoms with van der Waals surface area (Å²) in [5.74, 6) is 1.31. The van der Waals surface area contributed by atoms with Crippen LogP contribution >= 0.6 is 0 Å². The van der Waals surface area contributed by atoms with E-state index in [1.54, 1.807) is 39.5 Å². The molecule has 35 heavy (non-hydrogen) atoms. The van der Waals surface area contributed by atoms with Gasteiger partial charge >= 0.3 is 0 Å². The summed E-state index contributed by atoms with van der Waals surface area (Å²) in [5, 5.41) is 7.74. The van der Waals surface area contributed by atoms with Crippen molar-refractivity contribution < 1.29 is 19.0 Å². The number of rotatable bonds is 9. The molecule has 1 N–H and O–H groups in total. The average Bonchev–Trinajstić information content (AvgIpc) is 3.35. The lowest BCUT2D eigenvalue weighted by Crippen LogP contribution is -2.20. The van der Waals surface area contributed by atoms with Crippen molar-refractivity contribution in [3.8, 4) is 34.2 Å². The summed E-state index contributed by atoms with van der Waals surface area (Å²) < 4.78 is 17.9. The Balaban J connectivity index is 1.53. The third kappa shape index (κ3) is 5.52. The second-order valence-corrected chi connectivity index (χ2v) is 7.66. The van der Waals surface area contributed by atoms with Crippen LogP contribution in [0.15, 0.2) is 85.1 Å². The molecule has 1 heterocycles. The SMILES string of the molecule is COc1cc(/C=C/C(=O)NCc2cn(-c3ccccc3)nc2-c2ccccc2)cc(OC)c1OC. The quantitative estimate of drug-likeness (QED) is 0.353. The number of hydrogen-bond donors (Lipinski definition) is 1. The number of methoxy groups -OCH3 is 3. The molecule has 3 aromatic carbocycles. The summed E-state index contributed by atoms with van der Waals surface area (Å²) in [6.45, 7) is 0.329. The number of aromatic nitrogens is 2. The third-order valence-electron chi connectivity index (χ3n) is 5.43. The summed E-state index contributed by atoms with van der Waals surface area (Å²) >= 11 is 0. The topological polar surface area (TPSA) is 74.6 Å². The molecule has 0 saturated carbocycles. The molecule has 7 nitrogen and oxygen atoms in total. The van der Waals surface area contributed by atoms with E-state index in [-0.39, 0.29) is 5.91 Å². The van der Waals surface area contributed by atoms with E-state index in [1.165, 1.54) is 6.08 Å². The van der Waals surface area contributed by atoms with Crippen LogP contribution in [0.2, 0.25) is 0 Å². The van der Waals surface area contributed by atoms with Gasteiger partial charge in [-0.2, -0.15) is 5.10 Å².